The predicted molar refractivity (Wildman–Crippen MR) is 250 cm³/mol. The van der Waals surface area contributed by atoms with E-state index in [0.29, 0.717) is 0 Å². The molecule has 0 saturated heterocycles. The molecule has 8 aromatic rings. The van der Waals surface area contributed by atoms with Gasteiger partial charge in [-0.25, -0.2) is 0 Å². The van der Waals surface area contributed by atoms with Crippen LogP contribution in [0.1, 0.15) is 116 Å². The molecule has 57 heavy (non-hydrogen) atoms. The minimum Gasteiger partial charge on any atom is -0.309 e. The third kappa shape index (κ3) is 7.43. The molecule has 0 saturated carbocycles. The van der Waals surface area contributed by atoms with E-state index in [1.54, 1.807) is 0 Å². The molecule has 0 radical (unpaired) electrons. The first-order valence-corrected chi connectivity index (χ1v) is 21.1. The first kappa shape index (κ1) is 38.7. The molecule has 1 heteroatoms. The van der Waals surface area contributed by atoms with Gasteiger partial charge in [0.05, 0.1) is 11.0 Å². The molecule has 7 aromatic carbocycles. The molecule has 0 unspecified atom stereocenters. The fourth-order valence-corrected chi connectivity index (χ4v) is 8.59. The van der Waals surface area contributed by atoms with Crippen molar-refractivity contribution < 1.29 is 0 Å². The minimum atomic E-state index is 0.0719. The van der Waals surface area contributed by atoms with Crippen molar-refractivity contribution in [2.45, 2.75) is 118 Å². The van der Waals surface area contributed by atoms with Crippen LogP contribution < -0.4 is 0 Å². The van der Waals surface area contributed by atoms with E-state index >= 15 is 0 Å². The lowest BCUT2D eigenvalue weighted by atomic mass is 9.82. The van der Waals surface area contributed by atoms with Crippen molar-refractivity contribution in [3.63, 3.8) is 0 Å². The highest BCUT2D eigenvalue weighted by Gasteiger charge is 2.22. The number of fused-ring (bicyclic) bond motifs is 6. The molecule has 0 aliphatic carbocycles. The first-order valence-electron chi connectivity index (χ1n) is 21.1. The van der Waals surface area contributed by atoms with Crippen molar-refractivity contribution in [1.82, 2.24) is 4.57 Å². The SMILES string of the molecule is CC(C)(C)c1ccc2cc(-c3cccc(CCc4cccc(-n5c6ccc(C(C)(C)C)cc6c6cc(C(C)(C)C)ccc65)c4)c3)c3ccc(C(C)(C)C)cc3c2c1. The Morgan fingerprint density at radius 3 is 1.37 bits per heavy atom. The highest BCUT2D eigenvalue weighted by Crippen LogP contribution is 2.41. The molecular weight excluding hydrogens is 687 g/mol. The average molecular weight is 748 g/mol. The molecule has 0 N–H and O–H groups in total. The van der Waals surface area contributed by atoms with Crippen molar-refractivity contribution in [2.75, 3.05) is 0 Å². The van der Waals surface area contributed by atoms with Gasteiger partial charge >= 0.3 is 0 Å². The molecular formula is C56H61N. The number of rotatable bonds is 5. The Kier molecular flexibility index (Phi) is 9.35. The summed E-state index contributed by atoms with van der Waals surface area (Å²) >= 11 is 0. The van der Waals surface area contributed by atoms with Gasteiger partial charge in [0.2, 0.25) is 0 Å². The van der Waals surface area contributed by atoms with Gasteiger partial charge in [0.15, 0.2) is 0 Å². The number of aromatic nitrogens is 1. The van der Waals surface area contributed by atoms with Crippen LogP contribution in [-0.2, 0) is 34.5 Å². The van der Waals surface area contributed by atoms with E-state index in [4.69, 9.17) is 0 Å². The molecule has 0 atom stereocenters. The van der Waals surface area contributed by atoms with E-state index in [9.17, 15) is 0 Å². The lowest BCUT2D eigenvalue weighted by molar-refractivity contribution is 0.590. The third-order valence-corrected chi connectivity index (χ3v) is 12.3. The fourth-order valence-electron chi connectivity index (χ4n) is 8.59. The summed E-state index contributed by atoms with van der Waals surface area (Å²) in [5, 5.41) is 7.97. The van der Waals surface area contributed by atoms with Gasteiger partial charge < -0.3 is 4.57 Å². The van der Waals surface area contributed by atoms with Crippen molar-refractivity contribution in [1.29, 1.82) is 0 Å². The largest absolute Gasteiger partial charge is 0.309 e. The van der Waals surface area contributed by atoms with Crippen LogP contribution in [0.2, 0.25) is 0 Å². The summed E-state index contributed by atoms with van der Waals surface area (Å²) in [7, 11) is 0. The molecule has 290 valence electrons. The fraction of sp³-hybridized carbons (Fsp3) is 0.321. The second-order valence-corrected chi connectivity index (χ2v) is 20.8. The average Bonchev–Trinajstić information content (AvgIpc) is 3.48. The van der Waals surface area contributed by atoms with Crippen LogP contribution in [-0.4, -0.2) is 4.57 Å². The summed E-state index contributed by atoms with van der Waals surface area (Å²) in [6, 6.07) is 49.4. The van der Waals surface area contributed by atoms with Crippen LogP contribution in [0.5, 0.6) is 0 Å². The maximum atomic E-state index is 2.48. The summed E-state index contributed by atoms with van der Waals surface area (Å²) in [4.78, 5) is 0. The van der Waals surface area contributed by atoms with E-state index in [0.717, 1.165) is 12.8 Å². The number of benzene rings is 7. The molecule has 0 bridgehead atoms. The van der Waals surface area contributed by atoms with Crippen LogP contribution in [0.15, 0.2) is 127 Å². The Balaban J connectivity index is 1.16. The van der Waals surface area contributed by atoms with E-state index in [2.05, 4.69) is 215 Å². The van der Waals surface area contributed by atoms with E-state index < -0.39 is 0 Å². The van der Waals surface area contributed by atoms with Crippen LogP contribution >= 0.6 is 0 Å². The summed E-state index contributed by atoms with van der Waals surface area (Å²) in [5.41, 5.74) is 14.9. The number of hydrogen-bond acceptors (Lipinski definition) is 0. The molecule has 8 rings (SSSR count). The van der Waals surface area contributed by atoms with Gasteiger partial charge in [-0.1, -0.05) is 162 Å². The molecule has 0 aliphatic heterocycles. The summed E-state index contributed by atoms with van der Waals surface area (Å²) in [6.07, 6.45) is 1.95. The van der Waals surface area contributed by atoms with Gasteiger partial charge in [-0.3, -0.25) is 0 Å². The summed E-state index contributed by atoms with van der Waals surface area (Å²) in [5.74, 6) is 0. The topological polar surface area (TPSA) is 4.93 Å². The molecule has 0 amide bonds. The van der Waals surface area contributed by atoms with Crippen molar-refractivity contribution in [2.24, 2.45) is 0 Å². The Hall–Kier alpha value is -5.14. The highest BCUT2D eigenvalue weighted by molar-refractivity contribution is 6.14. The highest BCUT2D eigenvalue weighted by atomic mass is 15.0. The smallest absolute Gasteiger partial charge is 0.0541 e. The van der Waals surface area contributed by atoms with Gasteiger partial charge in [-0.2, -0.15) is 0 Å². The van der Waals surface area contributed by atoms with E-state index in [-0.39, 0.29) is 21.7 Å². The monoisotopic (exact) mass is 747 g/mol. The van der Waals surface area contributed by atoms with Gasteiger partial charge in [0.25, 0.3) is 0 Å². The quantitative estimate of drug-likeness (QED) is 0.155. The lowest BCUT2D eigenvalue weighted by Gasteiger charge is -2.23. The lowest BCUT2D eigenvalue weighted by Crippen LogP contribution is -2.11. The number of nitrogens with zero attached hydrogens (tertiary/aromatic N) is 1. The second-order valence-electron chi connectivity index (χ2n) is 20.8. The Morgan fingerprint density at radius 2 is 0.825 bits per heavy atom. The maximum absolute atomic E-state index is 2.48. The zero-order valence-corrected chi connectivity index (χ0v) is 36.5. The first-order chi connectivity index (χ1) is 26.8. The van der Waals surface area contributed by atoms with Crippen molar-refractivity contribution in [3.8, 4) is 16.8 Å². The number of aryl methyl sites for hydroxylation is 2. The molecule has 1 heterocycles. The summed E-state index contributed by atoms with van der Waals surface area (Å²) < 4.78 is 2.48. The van der Waals surface area contributed by atoms with Crippen molar-refractivity contribution >= 4 is 43.4 Å². The normalized spacial score (nSPS) is 13.1. The zero-order chi connectivity index (χ0) is 40.7. The van der Waals surface area contributed by atoms with Crippen LogP contribution in [0.4, 0.5) is 0 Å². The minimum absolute atomic E-state index is 0.0719. The molecule has 1 aromatic heterocycles. The van der Waals surface area contributed by atoms with Crippen molar-refractivity contribution in [3.05, 3.63) is 161 Å². The van der Waals surface area contributed by atoms with Gasteiger partial charge in [-0.05, 0) is 149 Å². The number of hydrogen-bond donors (Lipinski definition) is 0. The van der Waals surface area contributed by atoms with E-state index in [1.165, 1.54) is 93.5 Å². The summed E-state index contributed by atoms with van der Waals surface area (Å²) in [6.45, 7) is 27.7. The van der Waals surface area contributed by atoms with E-state index in [1.807, 2.05) is 0 Å². The maximum Gasteiger partial charge on any atom is 0.0541 e. The molecule has 1 nitrogen and oxygen atoms in total. The van der Waals surface area contributed by atoms with Gasteiger partial charge in [-0.15, -0.1) is 0 Å². The zero-order valence-electron chi connectivity index (χ0n) is 36.5. The Morgan fingerprint density at radius 1 is 0.368 bits per heavy atom. The second kappa shape index (κ2) is 13.8. The van der Waals surface area contributed by atoms with Crippen LogP contribution in [0, 0.1) is 0 Å². The van der Waals surface area contributed by atoms with Crippen LogP contribution in [0.3, 0.4) is 0 Å². The standard InChI is InChI=1S/C56H61N/c1-53(2,3)40-22-21-39-31-46(45-26-23-41(54(4,5)6)33-48(45)47(39)32-40)38-17-13-15-36(29-38)19-20-37-16-14-18-44(30-37)57-51-27-24-42(55(7,8)9)34-49(51)50-35-43(56(10,11)12)25-28-52(50)57/h13-18,21-35H,19-20H2,1-12H3. The van der Waals surface area contributed by atoms with Gasteiger partial charge in [0.1, 0.15) is 0 Å². The molecule has 0 fully saturated rings. The Labute approximate surface area is 341 Å². The molecule has 0 spiro atoms. The Bertz CT molecular complexity index is 2740. The third-order valence-electron chi connectivity index (χ3n) is 12.3. The molecule has 0 aliphatic rings. The van der Waals surface area contributed by atoms with Gasteiger partial charge in [0, 0.05) is 16.5 Å². The van der Waals surface area contributed by atoms with Crippen LogP contribution in [0.25, 0.3) is 60.2 Å². The predicted octanol–water partition coefficient (Wildman–Crippen LogP) is 15.7.